The molecule has 1 atom stereocenters. The van der Waals surface area contributed by atoms with Crippen molar-refractivity contribution in [2.45, 2.75) is 25.0 Å². The predicted molar refractivity (Wildman–Crippen MR) is 93.0 cm³/mol. The maximum Gasteiger partial charge on any atom is 0.267 e. The second-order valence-electron chi connectivity index (χ2n) is 6.21. The van der Waals surface area contributed by atoms with Gasteiger partial charge in [0.05, 0.1) is 19.1 Å². The van der Waals surface area contributed by atoms with Crippen LogP contribution in [-0.4, -0.2) is 40.5 Å². The highest BCUT2D eigenvalue weighted by molar-refractivity contribution is 5.97. The summed E-state index contributed by atoms with van der Waals surface area (Å²) in [7, 11) is 1.97. The van der Waals surface area contributed by atoms with Crippen LogP contribution in [0.5, 0.6) is 0 Å². The number of benzene rings is 1. The summed E-state index contributed by atoms with van der Waals surface area (Å²) in [6.45, 7) is 1.44. The number of rotatable bonds is 3. The first-order valence-electron chi connectivity index (χ1n) is 8.12. The predicted octanol–water partition coefficient (Wildman–Crippen LogP) is 1.85. The minimum absolute atomic E-state index is 0.0658. The Morgan fingerprint density at radius 2 is 2.17 bits per heavy atom. The largest absolute Gasteiger partial charge is 0.331 e. The van der Waals surface area contributed by atoms with E-state index in [4.69, 9.17) is 0 Å². The number of hydrogen-bond donors (Lipinski definition) is 2. The summed E-state index contributed by atoms with van der Waals surface area (Å²) in [4.78, 5) is 19.5. The van der Waals surface area contributed by atoms with Crippen molar-refractivity contribution < 1.29 is 4.79 Å². The molecular formula is C17H20N6O. The average molecular weight is 324 g/mol. The number of anilines is 2. The van der Waals surface area contributed by atoms with E-state index in [1.165, 1.54) is 0 Å². The van der Waals surface area contributed by atoms with Crippen LogP contribution in [0, 0.1) is 0 Å². The van der Waals surface area contributed by atoms with Crippen LogP contribution in [0.3, 0.4) is 0 Å². The summed E-state index contributed by atoms with van der Waals surface area (Å²) in [5.74, 6) is 0.783. The van der Waals surface area contributed by atoms with Crippen molar-refractivity contribution >= 4 is 23.8 Å². The molecular weight excluding hydrogens is 304 g/mol. The molecule has 4 rings (SSSR count). The number of carbonyl (C=O) groups excluding carboxylic acids is 1. The molecule has 0 aliphatic carbocycles. The maximum atomic E-state index is 13.3. The smallest absolute Gasteiger partial charge is 0.267 e. The summed E-state index contributed by atoms with van der Waals surface area (Å²) in [6.07, 6.45) is 5.12. The van der Waals surface area contributed by atoms with Gasteiger partial charge in [-0.05, 0) is 32.0 Å². The van der Waals surface area contributed by atoms with E-state index in [9.17, 15) is 4.79 Å². The second kappa shape index (κ2) is 5.76. The highest BCUT2D eigenvalue weighted by atomic mass is 16.2. The van der Waals surface area contributed by atoms with Gasteiger partial charge in [0.2, 0.25) is 0 Å². The fourth-order valence-corrected chi connectivity index (χ4v) is 3.53. The third-order valence-corrected chi connectivity index (χ3v) is 4.80. The first kappa shape index (κ1) is 14.9. The van der Waals surface area contributed by atoms with Gasteiger partial charge < -0.3 is 10.6 Å². The summed E-state index contributed by atoms with van der Waals surface area (Å²) in [5, 5.41) is 10.7. The number of nitrogens with one attached hydrogen (secondary N) is 2. The number of fused-ring (bicyclic) bond motifs is 1. The Bertz CT molecular complexity index is 784. The molecule has 7 heteroatoms. The number of likely N-dealkylation sites (tertiary alicyclic amines) is 1. The number of nitrogens with zero attached hydrogens (tertiary/aromatic N) is 4. The lowest BCUT2D eigenvalue weighted by molar-refractivity contribution is -0.132. The van der Waals surface area contributed by atoms with E-state index >= 15 is 0 Å². The quantitative estimate of drug-likeness (QED) is 0.904. The van der Waals surface area contributed by atoms with Crippen molar-refractivity contribution in [1.29, 1.82) is 0 Å². The van der Waals surface area contributed by atoms with Crippen LogP contribution in [0.1, 0.15) is 18.4 Å². The van der Waals surface area contributed by atoms with Gasteiger partial charge >= 0.3 is 0 Å². The van der Waals surface area contributed by atoms with Crippen molar-refractivity contribution in [2.24, 2.45) is 4.99 Å². The molecule has 2 aliphatic heterocycles. The van der Waals surface area contributed by atoms with Gasteiger partial charge in [0.15, 0.2) is 5.66 Å². The van der Waals surface area contributed by atoms with E-state index in [0.717, 1.165) is 36.5 Å². The number of hydrogen-bond acceptors (Lipinski definition) is 5. The number of aromatic nitrogens is 2. The lowest BCUT2D eigenvalue weighted by atomic mass is 10.1. The molecule has 0 saturated carbocycles. The highest BCUT2D eigenvalue weighted by Gasteiger charge is 2.49. The van der Waals surface area contributed by atoms with E-state index in [0.29, 0.717) is 6.54 Å². The van der Waals surface area contributed by atoms with Crippen LogP contribution in [0.15, 0.2) is 41.5 Å². The number of para-hydroxylation sites is 1. The SMILES string of the molecule is CN1CCCC1(C(=O)Nc1ccccc1)n1ncc2c1NC=NC2. The third kappa shape index (κ3) is 2.20. The molecule has 1 saturated heterocycles. The summed E-state index contributed by atoms with van der Waals surface area (Å²) in [5.41, 5.74) is 0.962. The van der Waals surface area contributed by atoms with Crippen LogP contribution >= 0.6 is 0 Å². The Morgan fingerprint density at radius 3 is 2.92 bits per heavy atom. The summed E-state index contributed by atoms with van der Waals surface area (Å²) < 4.78 is 1.82. The zero-order chi connectivity index (χ0) is 16.6. The van der Waals surface area contributed by atoms with Crippen LogP contribution in [0.4, 0.5) is 11.5 Å². The van der Waals surface area contributed by atoms with Gasteiger partial charge in [-0.15, -0.1) is 0 Å². The van der Waals surface area contributed by atoms with E-state index in [1.54, 1.807) is 12.5 Å². The molecule has 0 radical (unpaired) electrons. The molecule has 0 spiro atoms. The van der Waals surface area contributed by atoms with Crippen molar-refractivity contribution in [3.8, 4) is 0 Å². The summed E-state index contributed by atoms with van der Waals surface area (Å²) in [6, 6.07) is 9.54. The Hall–Kier alpha value is -2.67. The molecule has 1 aromatic heterocycles. The van der Waals surface area contributed by atoms with Gasteiger partial charge in [0, 0.05) is 17.8 Å². The van der Waals surface area contributed by atoms with Crippen molar-refractivity contribution in [1.82, 2.24) is 14.7 Å². The lowest BCUT2D eigenvalue weighted by Crippen LogP contribution is -2.54. The van der Waals surface area contributed by atoms with Gasteiger partial charge in [-0.25, -0.2) is 4.68 Å². The monoisotopic (exact) mass is 324 g/mol. The maximum absolute atomic E-state index is 13.3. The second-order valence-corrected chi connectivity index (χ2v) is 6.21. The molecule has 2 aliphatic rings. The van der Waals surface area contributed by atoms with Crippen LogP contribution < -0.4 is 10.6 Å². The molecule has 2 N–H and O–H groups in total. The fraction of sp³-hybridized carbons (Fsp3) is 0.353. The standard InChI is InChI=1S/C17H20N6O/c1-22-9-5-8-17(22,16(24)21-14-6-3-2-4-7-14)23-15-13(11-20-23)10-18-12-19-15/h2-4,6-7,11-12H,5,8-10H2,1H3,(H,18,19)(H,21,24). The first-order valence-corrected chi connectivity index (χ1v) is 8.12. The number of carbonyl (C=O) groups is 1. The van der Waals surface area contributed by atoms with Crippen LogP contribution in [-0.2, 0) is 17.0 Å². The number of amides is 1. The zero-order valence-electron chi connectivity index (χ0n) is 13.6. The van der Waals surface area contributed by atoms with E-state index in [2.05, 4.69) is 25.6 Å². The Kier molecular flexibility index (Phi) is 3.57. The molecule has 3 heterocycles. The number of aliphatic imine (C=N–C) groups is 1. The average Bonchev–Trinajstić information content (AvgIpc) is 3.20. The van der Waals surface area contributed by atoms with Crippen LogP contribution in [0.2, 0.25) is 0 Å². The van der Waals surface area contributed by atoms with E-state index in [1.807, 2.05) is 42.1 Å². The Balaban J connectivity index is 1.74. The van der Waals surface area contributed by atoms with Gasteiger partial charge in [-0.1, -0.05) is 18.2 Å². The molecule has 0 bridgehead atoms. The molecule has 1 fully saturated rings. The molecule has 2 aromatic rings. The van der Waals surface area contributed by atoms with Gasteiger partial charge in [-0.2, -0.15) is 5.10 Å². The minimum atomic E-state index is -0.832. The topological polar surface area (TPSA) is 74.6 Å². The van der Waals surface area contributed by atoms with Gasteiger partial charge in [0.25, 0.3) is 5.91 Å². The van der Waals surface area contributed by atoms with E-state index < -0.39 is 5.66 Å². The van der Waals surface area contributed by atoms with Crippen molar-refractivity contribution in [3.05, 3.63) is 42.1 Å². The molecule has 7 nitrogen and oxygen atoms in total. The normalized spacial score (nSPS) is 22.9. The Morgan fingerprint density at radius 1 is 1.33 bits per heavy atom. The van der Waals surface area contributed by atoms with Gasteiger partial charge in [0.1, 0.15) is 5.82 Å². The third-order valence-electron chi connectivity index (χ3n) is 4.80. The molecule has 1 aromatic carbocycles. The van der Waals surface area contributed by atoms with Crippen molar-refractivity contribution in [3.63, 3.8) is 0 Å². The van der Waals surface area contributed by atoms with Gasteiger partial charge in [-0.3, -0.25) is 14.7 Å². The summed E-state index contributed by atoms with van der Waals surface area (Å²) >= 11 is 0. The molecule has 24 heavy (non-hydrogen) atoms. The van der Waals surface area contributed by atoms with Crippen molar-refractivity contribution in [2.75, 3.05) is 24.2 Å². The molecule has 124 valence electrons. The highest BCUT2D eigenvalue weighted by Crippen LogP contribution is 2.37. The number of likely N-dealkylation sites (N-methyl/N-ethyl adjacent to an activating group) is 1. The lowest BCUT2D eigenvalue weighted by Gasteiger charge is -2.36. The first-order chi connectivity index (χ1) is 11.7. The zero-order valence-corrected chi connectivity index (χ0v) is 13.6. The minimum Gasteiger partial charge on any atom is -0.331 e. The van der Waals surface area contributed by atoms with Crippen LogP contribution in [0.25, 0.3) is 0 Å². The molecule has 1 amide bonds. The fourth-order valence-electron chi connectivity index (χ4n) is 3.53. The van der Waals surface area contributed by atoms with E-state index in [-0.39, 0.29) is 5.91 Å². The Labute approximate surface area is 140 Å². The molecule has 1 unspecified atom stereocenters.